The molecule has 2 rings (SSSR count). The molecule has 0 spiro atoms. The molecular formula is C17H23N3O5S. The first-order valence-corrected chi connectivity index (χ1v) is 9.27. The average Bonchev–Trinajstić information content (AvgIpc) is 2.63. The highest BCUT2D eigenvalue weighted by Crippen LogP contribution is 2.27. The summed E-state index contributed by atoms with van der Waals surface area (Å²) in [7, 11) is -2.33. The smallest absolute Gasteiger partial charge is 0.261 e. The van der Waals surface area contributed by atoms with Gasteiger partial charge < -0.3 is 20.9 Å². The summed E-state index contributed by atoms with van der Waals surface area (Å²) in [6, 6.07) is 10.2. The van der Waals surface area contributed by atoms with Crippen LogP contribution in [0, 0.1) is 0 Å². The van der Waals surface area contributed by atoms with E-state index in [0.29, 0.717) is 11.5 Å². The van der Waals surface area contributed by atoms with E-state index >= 15 is 0 Å². The van der Waals surface area contributed by atoms with Crippen LogP contribution in [0.3, 0.4) is 0 Å². The minimum Gasteiger partial charge on any atom is -0.497 e. The Morgan fingerprint density at radius 3 is 2.15 bits per heavy atom. The maximum atomic E-state index is 12.4. The first-order chi connectivity index (χ1) is 12.3. The van der Waals surface area contributed by atoms with Crippen LogP contribution in [0.2, 0.25) is 0 Å². The number of ether oxygens (including phenoxy) is 2. The van der Waals surface area contributed by atoms with Crippen molar-refractivity contribution in [1.29, 1.82) is 0 Å². The summed E-state index contributed by atoms with van der Waals surface area (Å²) in [5.41, 5.74) is 11.2. The fourth-order valence-corrected chi connectivity index (χ4v) is 2.92. The molecule has 26 heavy (non-hydrogen) atoms. The first kappa shape index (κ1) is 21.1. The van der Waals surface area contributed by atoms with Crippen molar-refractivity contribution in [3.05, 3.63) is 42.5 Å². The summed E-state index contributed by atoms with van der Waals surface area (Å²) < 4.78 is 37.2. The fourth-order valence-electron chi connectivity index (χ4n) is 1.83. The molecule has 2 aromatic rings. The van der Waals surface area contributed by atoms with Crippen LogP contribution >= 0.6 is 0 Å². The Balaban J connectivity index is 0.00000163. The number of nitrogen functional groups attached to an aromatic ring is 1. The van der Waals surface area contributed by atoms with E-state index in [1.165, 1.54) is 43.5 Å². The zero-order valence-corrected chi connectivity index (χ0v) is 15.7. The molecular weight excluding hydrogens is 358 g/mol. The zero-order chi connectivity index (χ0) is 19.7. The van der Waals surface area contributed by atoms with Gasteiger partial charge in [0.1, 0.15) is 11.5 Å². The molecule has 0 aliphatic rings. The van der Waals surface area contributed by atoms with Gasteiger partial charge in [-0.05, 0) is 36.4 Å². The van der Waals surface area contributed by atoms with Gasteiger partial charge in [0.15, 0.2) is 6.61 Å². The lowest BCUT2D eigenvalue weighted by atomic mass is 10.2. The van der Waals surface area contributed by atoms with E-state index in [1.807, 2.05) is 13.8 Å². The average molecular weight is 381 g/mol. The summed E-state index contributed by atoms with van der Waals surface area (Å²) >= 11 is 0. The largest absolute Gasteiger partial charge is 0.497 e. The molecule has 0 unspecified atom stereocenters. The Labute approximate surface area is 153 Å². The van der Waals surface area contributed by atoms with Crippen LogP contribution in [-0.2, 0) is 14.8 Å². The Bertz CT molecular complexity index is 836. The maximum absolute atomic E-state index is 12.4. The Morgan fingerprint density at radius 2 is 1.65 bits per heavy atom. The molecule has 0 radical (unpaired) electrons. The second-order valence-corrected chi connectivity index (χ2v) is 6.47. The molecule has 0 atom stereocenters. The zero-order valence-electron chi connectivity index (χ0n) is 14.9. The number of nitrogens with one attached hydrogen (secondary N) is 1. The van der Waals surface area contributed by atoms with Crippen molar-refractivity contribution >= 4 is 27.3 Å². The SMILES string of the molecule is CC.COc1ccc(NS(=O)(=O)c2ccc(OCC(N)=O)cc2)c(N)c1. The maximum Gasteiger partial charge on any atom is 0.261 e. The van der Waals surface area contributed by atoms with E-state index in [-0.39, 0.29) is 22.9 Å². The molecule has 2 aromatic carbocycles. The monoisotopic (exact) mass is 381 g/mol. The van der Waals surface area contributed by atoms with E-state index in [1.54, 1.807) is 6.07 Å². The Kier molecular flexibility index (Phi) is 7.73. The van der Waals surface area contributed by atoms with Crippen molar-refractivity contribution in [2.24, 2.45) is 5.73 Å². The quantitative estimate of drug-likeness (QED) is 0.628. The normalized spacial score (nSPS) is 10.3. The lowest BCUT2D eigenvalue weighted by Crippen LogP contribution is -2.20. The molecule has 0 fully saturated rings. The van der Waals surface area contributed by atoms with Crippen molar-refractivity contribution in [2.45, 2.75) is 18.7 Å². The summed E-state index contributed by atoms with van der Waals surface area (Å²) in [6.45, 7) is 3.72. The molecule has 142 valence electrons. The standard InChI is InChI=1S/C15H17N3O5S.C2H6/c1-22-11-4-7-14(13(16)8-11)18-24(20,21)12-5-2-10(3-6-12)23-9-15(17)19;1-2/h2-8,18H,9,16H2,1H3,(H2,17,19);1-2H3. The molecule has 0 aromatic heterocycles. The lowest BCUT2D eigenvalue weighted by Gasteiger charge is -2.12. The minimum atomic E-state index is -3.82. The van der Waals surface area contributed by atoms with Gasteiger partial charge in [-0.15, -0.1) is 0 Å². The third-order valence-corrected chi connectivity index (χ3v) is 4.40. The molecule has 0 aliphatic carbocycles. The van der Waals surface area contributed by atoms with E-state index in [9.17, 15) is 13.2 Å². The minimum absolute atomic E-state index is 0.0177. The highest BCUT2D eigenvalue weighted by atomic mass is 32.2. The van der Waals surface area contributed by atoms with Crippen molar-refractivity contribution in [3.8, 4) is 11.5 Å². The number of rotatable bonds is 7. The van der Waals surface area contributed by atoms with Gasteiger partial charge in [-0.2, -0.15) is 0 Å². The van der Waals surface area contributed by atoms with Crippen molar-refractivity contribution in [1.82, 2.24) is 0 Å². The topological polar surface area (TPSA) is 134 Å². The van der Waals surface area contributed by atoms with E-state index in [2.05, 4.69) is 4.72 Å². The predicted molar refractivity (Wildman–Crippen MR) is 101 cm³/mol. The molecule has 0 bridgehead atoms. The van der Waals surface area contributed by atoms with Gasteiger partial charge in [0, 0.05) is 6.07 Å². The number of sulfonamides is 1. The third-order valence-electron chi connectivity index (χ3n) is 3.02. The van der Waals surface area contributed by atoms with Crippen LogP contribution in [-0.4, -0.2) is 28.0 Å². The van der Waals surface area contributed by atoms with Gasteiger partial charge in [-0.1, -0.05) is 13.8 Å². The molecule has 1 amide bonds. The van der Waals surface area contributed by atoms with Crippen LogP contribution in [0.25, 0.3) is 0 Å². The number of nitrogens with two attached hydrogens (primary N) is 2. The van der Waals surface area contributed by atoms with Gasteiger partial charge in [-0.25, -0.2) is 8.42 Å². The molecule has 0 saturated carbocycles. The van der Waals surface area contributed by atoms with Gasteiger partial charge >= 0.3 is 0 Å². The number of methoxy groups -OCH3 is 1. The lowest BCUT2D eigenvalue weighted by molar-refractivity contribution is -0.119. The molecule has 8 nitrogen and oxygen atoms in total. The second-order valence-electron chi connectivity index (χ2n) is 4.79. The van der Waals surface area contributed by atoms with Crippen molar-refractivity contribution in [2.75, 3.05) is 24.2 Å². The van der Waals surface area contributed by atoms with Crippen LogP contribution in [0.5, 0.6) is 11.5 Å². The van der Waals surface area contributed by atoms with Gasteiger partial charge in [-0.3, -0.25) is 9.52 Å². The van der Waals surface area contributed by atoms with Crippen LogP contribution in [0.1, 0.15) is 13.8 Å². The number of benzene rings is 2. The highest BCUT2D eigenvalue weighted by Gasteiger charge is 2.16. The van der Waals surface area contributed by atoms with E-state index < -0.39 is 15.9 Å². The number of anilines is 2. The Hall–Kier alpha value is -2.94. The van der Waals surface area contributed by atoms with Crippen molar-refractivity contribution in [3.63, 3.8) is 0 Å². The summed E-state index contributed by atoms with van der Waals surface area (Å²) in [6.07, 6.45) is 0. The highest BCUT2D eigenvalue weighted by molar-refractivity contribution is 7.92. The molecule has 0 saturated heterocycles. The summed E-state index contributed by atoms with van der Waals surface area (Å²) in [5.74, 6) is 0.228. The number of hydrogen-bond donors (Lipinski definition) is 3. The first-order valence-electron chi connectivity index (χ1n) is 7.79. The van der Waals surface area contributed by atoms with E-state index in [0.717, 1.165) is 0 Å². The van der Waals surface area contributed by atoms with Crippen molar-refractivity contribution < 1.29 is 22.7 Å². The Morgan fingerprint density at radius 1 is 1.08 bits per heavy atom. The second kappa shape index (κ2) is 9.52. The summed E-state index contributed by atoms with van der Waals surface area (Å²) in [5, 5.41) is 0. The van der Waals surface area contributed by atoms with Crippen LogP contribution in [0.4, 0.5) is 11.4 Å². The van der Waals surface area contributed by atoms with E-state index in [4.69, 9.17) is 20.9 Å². The van der Waals surface area contributed by atoms with Crippen LogP contribution < -0.4 is 25.7 Å². The fraction of sp³-hybridized carbons (Fsp3) is 0.235. The molecule has 5 N–H and O–H groups in total. The summed E-state index contributed by atoms with van der Waals surface area (Å²) in [4.78, 5) is 10.7. The number of hydrogen-bond acceptors (Lipinski definition) is 6. The predicted octanol–water partition coefficient (Wildman–Crippen LogP) is 1.97. The van der Waals surface area contributed by atoms with Gasteiger partial charge in [0.2, 0.25) is 0 Å². The van der Waals surface area contributed by atoms with Gasteiger partial charge in [0.25, 0.3) is 15.9 Å². The molecule has 0 heterocycles. The third kappa shape index (κ3) is 5.85. The molecule has 9 heteroatoms. The number of amides is 1. The number of carbonyl (C=O) groups excluding carboxylic acids is 1. The van der Waals surface area contributed by atoms with Gasteiger partial charge in [0.05, 0.1) is 23.4 Å². The van der Waals surface area contributed by atoms with Crippen LogP contribution in [0.15, 0.2) is 47.4 Å². The molecule has 0 aliphatic heterocycles. The number of carbonyl (C=O) groups is 1. The number of primary amides is 1.